The molecule has 2 aromatic rings. The van der Waals surface area contributed by atoms with Gasteiger partial charge in [0.05, 0.1) is 12.5 Å². The number of rotatable bonds is 6. The second kappa shape index (κ2) is 9.42. The molecule has 2 rings (SSSR count). The van der Waals surface area contributed by atoms with Crippen molar-refractivity contribution in [2.45, 2.75) is 45.4 Å². The molecule has 0 aliphatic heterocycles. The lowest BCUT2D eigenvalue weighted by Crippen LogP contribution is -2.36. The van der Waals surface area contributed by atoms with Crippen LogP contribution in [-0.4, -0.2) is 17.7 Å². The Bertz CT molecular complexity index is 754. The molecule has 0 saturated heterocycles. The molecule has 0 aliphatic carbocycles. The molecule has 0 saturated carbocycles. The van der Waals surface area contributed by atoms with Crippen molar-refractivity contribution in [2.24, 2.45) is 0 Å². The summed E-state index contributed by atoms with van der Waals surface area (Å²) in [6.45, 7) is 5.51. The van der Waals surface area contributed by atoms with E-state index in [1.54, 1.807) is 45.0 Å². The Hall–Kier alpha value is -2.53. The molecule has 1 atom stereocenters. The third kappa shape index (κ3) is 7.71. The van der Waals surface area contributed by atoms with Gasteiger partial charge in [-0.05, 0) is 44.0 Å². The number of ether oxygens (including phenoxy) is 2. The Balaban J connectivity index is 2.03. The summed E-state index contributed by atoms with van der Waals surface area (Å²) in [4.78, 5) is 24.5. The van der Waals surface area contributed by atoms with Crippen LogP contribution in [0.1, 0.15) is 44.4 Å². The maximum absolute atomic E-state index is 12.3. The van der Waals surface area contributed by atoms with E-state index in [9.17, 15) is 9.59 Å². The molecule has 2 aromatic carbocycles. The van der Waals surface area contributed by atoms with E-state index in [0.29, 0.717) is 5.02 Å². The second-order valence-electron chi connectivity index (χ2n) is 7.10. The van der Waals surface area contributed by atoms with Gasteiger partial charge in [0.15, 0.2) is 0 Å². The summed E-state index contributed by atoms with van der Waals surface area (Å²) in [6, 6.07) is 15.8. The predicted octanol–water partition coefficient (Wildman–Crippen LogP) is 5.04. The molecule has 0 bridgehead atoms. The van der Waals surface area contributed by atoms with Crippen LogP contribution in [-0.2, 0) is 20.9 Å². The van der Waals surface area contributed by atoms with Crippen molar-refractivity contribution in [1.82, 2.24) is 5.32 Å². The van der Waals surface area contributed by atoms with Crippen molar-refractivity contribution in [1.29, 1.82) is 0 Å². The predicted molar refractivity (Wildman–Crippen MR) is 104 cm³/mol. The highest BCUT2D eigenvalue weighted by Gasteiger charge is 2.23. The van der Waals surface area contributed by atoms with E-state index in [1.165, 1.54) is 0 Å². The van der Waals surface area contributed by atoms with Crippen molar-refractivity contribution in [3.63, 3.8) is 0 Å². The minimum atomic E-state index is -0.636. The number of hydrogen-bond acceptors (Lipinski definition) is 4. The normalized spacial score (nSPS) is 12.1. The van der Waals surface area contributed by atoms with E-state index in [1.807, 2.05) is 30.3 Å². The van der Waals surface area contributed by atoms with Crippen LogP contribution < -0.4 is 5.32 Å². The highest BCUT2D eigenvalue weighted by Crippen LogP contribution is 2.21. The van der Waals surface area contributed by atoms with Gasteiger partial charge < -0.3 is 14.8 Å². The van der Waals surface area contributed by atoms with Crippen molar-refractivity contribution < 1.29 is 19.1 Å². The minimum Gasteiger partial charge on any atom is -0.461 e. The number of carbonyl (C=O) groups is 2. The molecule has 1 amide bonds. The summed E-state index contributed by atoms with van der Waals surface area (Å²) in [5.41, 5.74) is 0.999. The van der Waals surface area contributed by atoms with Gasteiger partial charge in [0.25, 0.3) is 0 Å². The van der Waals surface area contributed by atoms with Crippen LogP contribution in [0.15, 0.2) is 54.6 Å². The largest absolute Gasteiger partial charge is 0.461 e. The van der Waals surface area contributed by atoms with Gasteiger partial charge in [-0.15, -0.1) is 0 Å². The number of alkyl carbamates (subject to hydrolysis) is 1. The van der Waals surface area contributed by atoms with E-state index in [-0.39, 0.29) is 13.0 Å². The van der Waals surface area contributed by atoms with Crippen LogP contribution in [0, 0.1) is 0 Å². The first-order valence-electron chi connectivity index (χ1n) is 8.67. The molecule has 0 unspecified atom stereocenters. The van der Waals surface area contributed by atoms with Gasteiger partial charge in [-0.2, -0.15) is 0 Å². The van der Waals surface area contributed by atoms with Crippen molar-refractivity contribution in [3.05, 3.63) is 70.7 Å². The molecule has 6 heteroatoms. The quantitative estimate of drug-likeness (QED) is 0.703. The fraction of sp³-hybridized carbons (Fsp3) is 0.333. The number of benzene rings is 2. The summed E-state index contributed by atoms with van der Waals surface area (Å²) in [6.07, 6.45) is -0.619. The fourth-order valence-corrected chi connectivity index (χ4v) is 2.49. The lowest BCUT2D eigenvalue weighted by molar-refractivity contribution is -0.145. The molecule has 1 N–H and O–H groups in total. The number of nitrogens with one attached hydrogen (secondary N) is 1. The van der Waals surface area contributed by atoms with Crippen LogP contribution >= 0.6 is 11.6 Å². The zero-order valence-corrected chi connectivity index (χ0v) is 16.5. The van der Waals surface area contributed by atoms with Crippen LogP contribution in [0.25, 0.3) is 0 Å². The first-order valence-corrected chi connectivity index (χ1v) is 9.05. The first kappa shape index (κ1) is 20.8. The Morgan fingerprint density at radius 1 is 1.04 bits per heavy atom. The Morgan fingerprint density at radius 3 is 2.26 bits per heavy atom. The fourth-order valence-electron chi connectivity index (χ4n) is 2.36. The summed E-state index contributed by atoms with van der Waals surface area (Å²) in [5.74, 6) is -0.421. The number of carbonyl (C=O) groups excluding carboxylic acids is 2. The Kier molecular flexibility index (Phi) is 7.25. The molecule has 0 aromatic heterocycles. The van der Waals surface area contributed by atoms with Gasteiger partial charge in [0, 0.05) is 5.02 Å². The molecule has 0 aliphatic rings. The minimum absolute atomic E-state index is 0.0201. The first-order chi connectivity index (χ1) is 12.7. The zero-order chi connectivity index (χ0) is 19.9. The molecule has 0 spiro atoms. The standard InChI is InChI=1S/C21H24ClNO4/c1-21(2,3)27-20(25)23-18(16-9-11-17(22)12-10-16)13-19(24)26-14-15-7-5-4-6-8-15/h4-12,18H,13-14H2,1-3H3,(H,23,25)/t18-/m0/s1. The van der Waals surface area contributed by atoms with Crippen LogP contribution in [0.5, 0.6) is 0 Å². The van der Waals surface area contributed by atoms with Gasteiger partial charge >= 0.3 is 12.1 Å². The highest BCUT2D eigenvalue weighted by molar-refractivity contribution is 6.30. The summed E-state index contributed by atoms with van der Waals surface area (Å²) >= 11 is 5.93. The molecule has 0 radical (unpaired) electrons. The number of halogens is 1. The Morgan fingerprint density at radius 2 is 1.67 bits per heavy atom. The SMILES string of the molecule is CC(C)(C)OC(=O)N[C@@H](CC(=O)OCc1ccccc1)c1ccc(Cl)cc1. The average molecular weight is 390 g/mol. The molecule has 5 nitrogen and oxygen atoms in total. The topological polar surface area (TPSA) is 64.6 Å². The van der Waals surface area contributed by atoms with Gasteiger partial charge in [-0.3, -0.25) is 4.79 Å². The highest BCUT2D eigenvalue weighted by atomic mass is 35.5. The smallest absolute Gasteiger partial charge is 0.408 e. The van der Waals surface area contributed by atoms with E-state index in [4.69, 9.17) is 21.1 Å². The number of amides is 1. The molecule has 0 heterocycles. The number of esters is 1. The van der Waals surface area contributed by atoms with E-state index in [2.05, 4.69) is 5.32 Å². The second-order valence-corrected chi connectivity index (χ2v) is 7.54. The van der Waals surface area contributed by atoms with Gasteiger partial charge in [-0.1, -0.05) is 54.1 Å². The van der Waals surface area contributed by atoms with Gasteiger partial charge in [-0.25, -0.2) is 4.79 Å². The van der Waals surface area contributed by atoms with Crippen LogP contribution in [0.2, 0.25) is 5.02 Å². The summed E-state index contributed by atoms with van der Waals surface area (Å²) in [7, 11) is 0. The molecular formula is C21H24ClNO4. The van der Waals surface area contributed by atoms with Crippen LogP contribution in [0.4, 0.5) is 4.79 Å². The third-order valence-corrected chi connectivity index (χ3v) is 3.83. The van der Waals surface area contributed by atoms with E-state index < -0.39 is 23.7 Å². The van der Waals surface area contributed by atoms with Crippen molar-refractivity contribution in [3.8, 4) is 0 Å². The number of hydrogen-bond donors (Lipinski definition) is 1. The van der Waals surface area contributed by atoms with Gasteiger partial charge in [0.1, 0.15) is 12.2 Å². The van der Waals surface area contributed by atoms with E-state index in [0.717, 1.165) is 11.1 Å². The third-order valence-electron chi connectivity index (χ3n) is 3.58. The summed E-state index contributed by atoms with van der Waals surface area (Å²) < 4.78 is 10.6. The maximum Gasteiger partial charge on any atom is 0.408 e. The summed E-state index contributed by atoms with van der Waals surface area (Å²) in [5, 5.41) is 3.30. The van der Waals surface area contributed by atoms with E-state index >= 15 is 0 Å². The van der Waals surface area contributed by atoms with Crippen molar-refractivity contribution in [2.75, 3.05) is 0 Å². The lowest BCUT2D eigenvalue weighted by Gasteiger charge is -2.23. The van der Waals surface area contributed by atoms with Crippen LogP contribution in [0.3, 0.4) is 0 Å². The van der Waals surface area contributed by atoms with Crippen molar-refractivity contribution >= 4 is 23.7 Å². The van der Waals surface area contributed by atoms with Gasteiger partial charge in [0.2, 0.25) is 0 Å². The Labute approximate surface area is 164 Å². The molecule has 27 heavy (non-hydrogen) atoms. The molecule has 0 fully saturated rings. The molecule has 144 valence electrons. The average Bonchev–Trinajstić information content (AvgIpc) is 2.59. The maximum atomic E-state index is 12.3. The lowest BCUT2D eigenvalue weighted by atomic mass is 10.0. The zero-order valence-electron chi connectivity index (χ0n) is 15.7. The monoisotopic (exact) mass is 389 g/mol. The molecular weight excluding hydrogens is 366 g/mol.